The van der Waals surface area contributed by atoms with Gasteiger partial charge in [-0.05, 0) is 31.2 Å². The van der Waals surface area contributed by atoms with Crippen molar-refractivity contribution in [3.63, 3.8) is 0 Å². The maximum Gasteiger partial charge on any atom is 0.161 e. The summed E-state index contributed by atoms with van der Waals surface area (Å²) in [6.45, 7) is 1.90. The molecule has 2 aromatic heterocycles. The predicted octanol–water partition coefficient (Wildman–Crippen LogP) is 2.53. The van der Waals surface area contributed by atoms with Crippen molar-refractivity contribution in [2.75, 3.05) is 5.73 Å². The molecule has 3 aromatic rings. The Morgan fingerprint density at radius 3 is 2.83 bits per heavy atom. The zero-order chi connectivity index (χ0) is 12.7. The fourth-order valence-corrected chi connectivity index (χ4v) is 2.02. The van der Waals surface area contributed by atoms with Gasteiger partial charge in [-0.15, -0.1) is 0 Å². The van der Waals surface area contributed by atoms with Crippen molar-refractivity contribution < 1.29 is 0 Å². The minimum absolute atomic E-state index is 0.535. The van der Waals surface area contributed by atoms with Crippen LogP contribution in [0.5, 0.6) is 0 Å². The fourth-order valence-electron chi connectivity index (χ4n) is 2.02. The van der Waals surface area contributed by atoms with Gasteiger partial charge in [0, 0.05) is 41.5 Å². The molecule has 2 heterocycles. The molecule has 0 saturated carbocycles. The Kier molecular flexibility index (Phi) is 2.30. The number of anilines is 1. The lowest BCUT2D eigenvalue weighted by molar-refractivity contribution is 0.969. The summed E-state index contributed by atoms with van der Waals surface area (Å²) in [5.41, 5.74) is 8.90. The first kappa shape index (κ1) is 10.8. The van der Waals surface area contributed by atoms with E-state index < -0.39 is 0 Å². The Hall–Kier alpha value is -2.36. The lowest BCUT2D eigenvalue weighted by Gasteiger charge is -2.04. The van der Waals surface area contributed by atoms with E-state index in [1.54, 1.807) is 6.20 Å². The molecule has 2 N–H and O–H groups in total. The number of benzene rings is 1. The van der Waals surface area contributed by atoms with Gasteiger partial charge >= 0.3 is 0 Å². The van der Waals surface area contributed by atoms with Crippen LogP contribution in [0.2, 0.25) is 0 Å². The molecule has 0 aliphatic heterocycles. The monoisotopic (exact) mass is 238 g/mol. The van der Waals surface area contributed by atoms with E-state index in [1.807, 2.05) is 26.2 Å². The van der Waals surface area contributed by atoms with Gasteiger partial charge in [0.25, 0.3) is 0 Å². The molecule has 0 unspecified atom stereocenters. The second-order valence-corrected chi connectivity index (χ2v) is 4.46. The van der Waals surface area contributed by atoms with Crippen molar-refractivity contribution in [3.05, 3.63) is 42.2 Å². The molecule has 4 nitrogen and oxygen atoms in total. The van der Waals surface area contributed by atoms with Crippen LogP contribution in [0.1, 0.15) is 5.56 Å². The normalized spacial score (nSPS) is 11.0. The van der Waals surface area contributed by atoms with Gasteiger partial charge in [0.1, 0.15) is 5.82 Å². The highest BCUT2D eigenvalue weighted by Gasteiger charge is 2.06. The molecule has 0 bridgehead atoms. The molecule has 0 amide bonds. The van der Waals surface area contributed by atoms with Gasteiger partial charge in [0.05, 0.1) is 0 Å². The van der Waals surface area contributed by atoms with Crippen LogP contribution in [0.3, 0.4) is 0 Å². The van der Waals surface area contributed by atoms with Crippen LogP contribution in [-0.2, 0) is 7.05 Å². The highest BCUT2D eigenvalue weighted by atomic mass is 14.9. The van der Waals surface area contributed by atoms with Gasteiger partial charge in [-0.3, -0.25) is 0 Å². The number of aryl methyl sites for hydroxylation is 2. The van der Waals surface area contributed by atoms with Crippen molar-refractivity contribution in [3.8, 4) is 11.4 Å². The summed E-state index contributed by atoms with van der Waals surface area (Å²) in [6, 6.07) is 8.26. The molecule has 0 saturated heterocycles. The molecule has 0 aliphatic rings. The third-order valence-electron chi connectivity index (χ3n) is 3.15. The number of rotatable bonds is 1. The summed E-state index contributed by atoms with van der Waals surface area (Å²) in [6.07, 6.45) is 3.80. The molecule has 0 radical (unpaired) electrons. The van der Waals surface area contributed by atoms with Crippen LogP contribution >= 0.6 is 0 Å². The Balaban J connectivity index is 2.16. The number of fused-ring (bicyclic) bond motifs is 1. The van der Waals surface area contributed by atoms with Crippen LogP contribution in [0.25, 0.3) is 22.3 Å². The average molecular weight is 238 g/mol. The highest BCUT2D eigenvalue weighted by molar-refractivity contribution is 5.84. The third kappa shape index (κ3) is 1.62. The first-order valence-corrected chi connectivity index (χ1v) is 5.80. The van der Waals surface area contributed by atoms with Crippen molar-refractivity contribution >= 4 is 16.7 Å². The number of nitrogen functional groups attached to an aromatic ring is 1. The number of nitrogens with two attached hydrogens (primary N) is 1. The number of nitrogens with zero attached hydrogens (tertiary/aromatic N) is 3. The smallest absolute Gasteiger partial charge is 0.161 e. The SMILES string of the molecule is Cc1cnc(-c2ccc3c(ccn3C)c2)nc1N. The zero-order valence-corrected chi connectivity index (χ0v) is 10.4. The van der Waals surface area contributed by atoms with E-state index in [4.69, 9.17) is 5.73 Å². The topological polar surface area (TPSA) is 56.7 Å². The fraction of sp³-hybridized carbons (Fsp3) is 0.143. The predicted molar refractivity (Wildman–Crippen MR) is 73.1 cm³/mol. The minimum Gasteiger partial charge on any atom is -0.383 e. The van der Waals surface area contributed by atoms with Crippen LogP contribution in [-0.4, -0.2) is 14.5 Å². The molecule has 3 rings (SSSR count). The van der Waals surface area contributed by atoms with Gasteiger partial charge in [-0.2, -0.15) is 0 Å². The van der Waals surface area contributed by atoms with E-state index in [9.17, 15) is 0 Å². The molecule has 0 fully saturated rings. The zero-order valence-electron chi connectivity index (χ0n) is 10.4. The standard InChI is InChI=1S/C14H14N4/c1-9-8-16-14(17-13(9)15)11-3-4-12-10(7-11)5-6-18(12)2/h3-8H,1-2H3,(H2,15,16,17). The van der Waals surface area contributed by atoms with E-state index in [-0.39, 0.29) is 0 Å². The lowest BCUT2D eigenvalue weighted by atomic mass is 10.1. The Labute approximate surface area is 105 Å². The molecule has 4 heteroatoms. The lowest BCUT2D eigenvalue weighted by Crippen LogP contribution is -1.98. The van der Waals surface area contributed by atoms with Crippen molar-refractivity contribution in [1.82, 2.24) is 14.5 Å². The summed E-state index contributed by atoms with van der Waals surface area (Å²) in [5.74, 6) is 1.21. The second-order valence-electron chi connectivity index (χ2n) is 4.46. The van der Waals surface area contributed by atoms with Crippen LogP contribution in [0.15, 0.2) is 36.7 Å². The number of hydrogen-bond acceptors (Lipinski definition) is 3. The van der Waals surface area contributed by atoms with Crippen molar-refractivity contribution in [1.29, 1.82) is 0 Å². The molecule has 0 atom stereocenters. The van der Waals surface area contributed by atoms with E-state index in [1.165, 1.54) is 10.9 Å². The quantitative estimate of drug-likeness (QED) is 0.708. The van der Waals surface area contributed by atoms with Crippen LogP contribution in [0.4, 0.5) is 5.82 Å². The van der Waals surface area contributed by atoms with Crippen molar-refractivity contribution in [2.24, 2.45) is 7.05 Å². The van der Waals surface area contributed by atoms with Crippen LogP contribution in [0, 0.1) is 6.92 Å². The summed E-state index contributed by atoms with van der Waals surface area (Å²) in [4.78, 5) is 8.64. The van der Waals surface area contributed by atoms with E-state index in [2.05, 4.69) is 32.7 Å². The molecule has 18 heavy (non-hydrogen) atoms. The molecule has 0 spiro atoms. The Morgan fingerprint density at radius 2 is 2.06 bits per heavy atom. The van der Waals surface area contributed by atoms with E-state index >= 15 is 0 Å². The van der Waals surface area contributed by atoms with E-state index in [0.29, 0.717) is 11.6 Å². The maximum atomic E-state index is 5.82. The minimum atomic E-state index is 0.535. The van der Waals surface area contributed by atoms with Gasteiger partial charge in [-0.25, -0.2) is 9.97 Å². The van der Waals surface area contributed by atoms with Crippen molar-refractivity contribution in [2.45, 2.75) is 6.92 Å². The van der Waals surface area contributed by atoms with Gasteiger partial charge in [-0.1, -0.05) is 0 Å². The Bertz CT molecular complexity index is 728. The average Bonchev–Trinajstić information content (AvgIpc) is 2.74. The first-order valence-electron chi connectivity index (χ1n) is 5.80. The summed E-state index contributed by atoms with van der Waals surface area (Å²) >= 11 is 0. The second kappa shape index (κ2) is 3.84. The Morgan fingerprint density at radius 1 is 1.22 bits per heavy atom. The molecular formula is C14H14N4. The summed E-state index contributed by atoms with van der Waals surface area (Å²) in [7, 11) is 2.03. The molecular weight excluding hydrogens is 224 g/mol. The summed E-state index contributed by atoms with van der Waals surface area (Å²) < 4.78 is 2.09. The summed E-state index contributed by atoms with van der Waals surface area (Å²) in [5, 5.41) is 1.18. The van der Waals surface area contributed by atoms with Gasteiger partial charge < -0.3 is 10.3 Å². The number of hydrogen-bond donors (Lipinski definition) is 1. The van der Waals surface area contributed by atoms with Gasteiger partial charge in [0.15, 0.2) is 5.82 Å². The molecule has 0 aliphatic carbocycles. The maximum absolute atomic E-state index is 5.82. The molecule has 1 aromatic carbocycles. The van der Waals surface area contributed by atoms with Crippen LogP contribution < -0.4 is 5.73 Å². The number of aromatic nitrogens is 3. The highest BCUT2D eigenvalue weighted by Crippen LogP contribution is 2.23. The first-order chi connectivity index (χ1) is 8.65. The third-order valence-corrected chi connectivity index (χ3v) is 3.15. The largest absolute Gasteiger partial charge is 0.383 e. The van der Waals surface area contributed by atoms with Gasteiger partial charge in [0.2, 0.25) is 0 Å². The molecule has 90 valence electrons. The van der Waals surface area contributed by atoms with E-state index in [0.717, 1.165) is 11.1 Å².